The SMILES string of the molecule is NNc1nnc(CN2C(=O)CCC2=O)s1. The highest BCUT2D eigenvalue weighted by Crippen LogP contribution is 2.19. The van der Waals surface area contributed by atoms with Crippen molar-refractivity contribution < 1.29 is 9.59 Å². The number of rotatable bonds is 3. The first kappa shape index (κ1) is 9.99. The number of amides is 2. The van der Waals surface area contributed by atoms with Crippen molar-refractivity contribution in [1.82, 2.24) is 15.1 Å². The molecule has 1 saturated heterocycles. The van der Waals surface area contributed by atoms with Crippen LogP contribution in [0.4, 0.5) is 5.13 Å². The van der Waals surface area contributed by atoms with Gasteiger partial charge in [0.2, 0.25) is 16.9 Å². The first-order valence-corrected chi connectivity index (χ1v) is 5.14. The Morgan fingerprint density at radius 2 is 2.00 bits per heavy atom. The van der Waals surface area contributed by atoms with Gasteiger partial charge in [0.05, 0.1) is 6.54 Å². The van der Waals surface area contributed by atoms with Crippen LogP contribution in [-0.2, 0) is 16.1 Å². The lowest BCUT2D eigenvalue weighted by Gasteiger charge is -2.10. The van der Waals surface area contributed by atoms with Crippen LogP contribution in [-0.4, -0.2) is 26.9 Å². The number of likely N-dealkylation sites (tertiary alicyclic amines) is 1. The maximum Gasteiger partial charge on any atom is 0.230 e. The highest BCUT2D eigenvalue weighted by Gasteiger charge is 2.29. The molecule has 0 radical (unpaired) electrons. The number of aromatic nitrogens is 2. The number of nitrogens with two attached hydrogens (primary N) is 1. The Morgan fingerprint density at radius 3 is 2.53 bits per heavy atom. The highest BCUT2D eigenvalue weighted by atomic mass is 32.1. The van der Waals surface area contributed by atoms with Crippen LogP contribution in [0.2, 0.25) is 0 Å². The van der Waals surface area contributed by atoms with Crippen molar-refractivity contribution >= 4 is 28.3 Å². The van der Waals surface area contributed by atoms with Gasteiger partial charge in [-0.3, -0.25) is 19.9 Å². The molecule has 3 N–H and O–H groups in total. The van der Waals surface area contributed by atoms with Crippen LogP contribution in [0.3, 0.4) is 0 Å². The fourth-order valence-corrected chi connectivity index (χ4v) is 1.95. The number of hydrazine groups is 1. The summed E-state index contributed by atoms with van der Waals surface area (Å²) in [6.07, 6.45) is 0.583. The molecule has 1 aliphatic rings. The maximum absolute atomic E-state index is 11.3. The summed E-state index contributed by atoms with van der Waals surface area (Å²) in [5.41, 5.74) is 2.35. The van der Waals surface area contributed by atoms with Crippen LogP contribution in [0.15, 0.2) is 0 Å². The van der Waals surface area contributed by atoms with Gasteiger partial charge in [0.1, 0.15) is 5.01 Å². The third kappa shape index (κ3) is 1.95. The summed E-state index contributed by atoms with van der Waals surface area (Å²) in [6.45, 7) is 0.191. The number of carbonyl (C=O) groups excluding carboxylic acids is 2. The average Bonchev–Trinajstić information content (AvgIpc) is 2.80. The second kappa shape index (κ2) is 3.91. The molecule has 1 aliphatic heterocycles. The van der Waals surface area contributed by atoms with E-state index >= 15 is 0 Å². The van der Waals surface area contributed by atoms with Gasteiger partial charge in [-0.2, -0.15) is 0 Å². The van der Waals surface area contributed by atoms with Crippen LogP contribution in [0.1, 0.15) is 17.8 Å². The molecule has 2 heterocycles. The smallest absolute Gasteiger partial charge is 0.230 e. The molecule has 2 rings (SSSR count). The zero-order valence-electron chi connectivity index (χ0n) is 7.77. The molecule has 0 aliphatic carbocycles. The lowest BCUT2D eigenvalue weighted by molar-refractivity contribution is -0.139. The van der Waals surface area contributed by atoms with Crippen LogP contribution in [0, 0.1) is 0 Å². The van der Waals surface area contributed by atoms with Gasteiger partial charge >= 0.3 is 0 Å². The number of anilines is 1. The summed E-state index contributed by atoms with van der Waals surface area (Å²) in [7, 11) is 0. The summed E-state index contributed by atoms with van der Waals surface area (Å²) in [5.74, 6) is 4.83. The summed E-state index contributed by atoms with van der Waals surface area (Å²) < 4.78 is 0. The molecule has 1 fully saturated rings. The van der Waals surface area contributed by atoms with Crippen molar-refractivity contribution in [3.05, 3.63) is 5.01 Å². The summed E-state index contributed by atoms with van der Waals surface area (Å²) in [4.78, 5) is 23.8. The lowest BCUT2D eigenvalue weighted by Crippen LogP contribution is -2.28. The van der Waals surface area contributed by atoms with E-state index in [1.165, 1.54) is 16.2 Å². The van der Waals surface area contributed by atoms with E-state index in [-0.39, 0.29) is 18.4 Å². The number of imide groups is 1. The maximum atomic E-state index is 11.3. The number of nitrogen functional groups attached to an aromatic ring is 1. The van der Waals surface area contributed by atoms with E-state index < -0.39 is 0 Å². The van der Waals surface area contributed by atoms with Gasteiger partial charge in [-0.1, -0.05) is 11.3 Å². The van der Waals surface area contributed by atoms with Gasteiger partial charge in [-0.15, -0.1) is 10.2 Å². The minimum atomic E-state index is -0.155. The number of carbonyl (C=O) groups is 2. The third-order valence-corrected chi connectivity index (χ3v) is 2.88. The van der Waals surface area contributed by atoms with Crippen molar-refractivity contribution in [2.75, 3.05) is 5.43 Å². The minimum Gasteiger partial charge on any atom is -0.298 e. The predicted octanol–water partition coefficient (Wildman–Crippen LogP) is -0.527. The zero-order valence-corrected chi connectivity index (χ0v) is 8.58. The first-order chi connectivity index (χ1) is 7.20. The number of nitrogens with one attached hydrogen (secondary N) is 1. The van der Waals surface area contributed by atoms with Gasteiger partial charge in [0.15, 0.2) is 0 Å². The average molecular weight is 227 g/mol. The quantitative estimate of drug-likeness (QED) is 0.409. The number of hydrogen-bond donors (Lipinski definition) is 2. The van der Waals surface area contributed by atoms with Gasteiger partial charge < -0.3 is 0 Å². The lowest BCUT2D eigenvalue weighted by atomic mass is 10.4. The van der Waals surface area contributed by atoms with Gasteiger partial charge in [0.25, 0.3) is 0 Å². The monoisotopic (exact) mass is 227 g/mol. The predicted molar refractivity (Wildman–Crippen MR) is 52.5 cm³/mol. The van der Waals surface area contributed by atoms with Crippen molar-refractivity contribution in [2.24, 2.45) is 5.84 Å². The molecular formula is C7H9N5O2S. The molecule has 0 unspecified atom stereocenters. The molecule has 0 aromatic carbocycles. The Hall–Kier alpha value is -1.54. The van der Waals surface area contributed by atoms with Crippen LogP contribution in [0.5, 0.6) is 0 Å². The summed E-state index contributed by atoms with van der Waals surface area (Å²) >= 11 is 1.22. The minimum absolute atomic E-state index is 0.155. The van der Waals surface area contributed by atoms with Crippen LogP contribution in [0.25, 0.3) is 0 Å². The molecule has 80 valence electrons. The molecule has 7 nitrogen and oxygen atoms in total. The van der Waals surface area contributed by atoms with Crippen LogP contribution >= 0.6 is 11.3 Å². The van der Waals surface area contributed by atoms with Gasteiger partial charge in [-0.25, -0.2) is 5.84 Å². The fourth-order valence-electron chi connectivity index (χ4n) is 1.31. The number of hydrogen-bond acceptors (Lipinski definition) is 7. The van der Waals surface area contributed by atoms with Crippen molar-refractivity contribution in [1.29, 1.82) is 0 Å². The van der Waals surface area contributed by atoms with Gasteiger partial charge in [-0.05, 0) is 0 Å². The molecule has 1 aromatic rings. The van der Waals surface area contributed by atoms with Crippen molar-refractivity contribution in [3.63, 3.8) is 0 Å². The van der Waals surface area contributed by atoms with Gasteiger partial charge in [0, 0.05) is 12.8 Å². The second-order valence-corrected chi connectivity index (χ2v) is 4.08. The molecule has 2 amide bonds. The summed E-state index contributed by atoms with van der Waals surface area (Å²) in [5, 5.41) is 8.56. The van der Waals surface area contributed by atoms with Crippen molar-refractivity contribution in [3.8, 4) is 0 Å². The van der Waals surface area contributed by atoms with E-state index in [2.05, 4.69) is 15.6 Å². The van der Waals surface area contributed by atoms with E-state index in [1.54, 1.807) is 0 Å². The molecule has 0 saturated carbocycles. The standard InChI is InChI=1S/C7H9N5O2S/c8-9-7-11-10-4(15-7)3-12-5(13)1-2-6(12)14/h1-3,8H2,(H,9,11). The molecule has 0 bridgehead atoms. The Morgan fingerprint density at radius 1 is 1.33 bits per heavy atom. The zero-order chi connectivity index (χ0) is 10.8. The topological polar surface area (TPSA) is 101 Å². The van der Waals surface area contributed by atoms with E-state index in [9.17, 15) is 9.59 Å². The highest BCUT2D eigenvalue weighted by molar-refractivity contribution is 7.15. The second-order valence-electron chi connectivity index (χ2n) is 3.02. The van der Waals surface area contributed by atoms with E-state index in [0.717, 1.165) is 0 Å². The molecule has 1 aromatic heterocycles. The third-order valence-electron chi connectivity index (χ3n) is 2.04. The Balaban J connectivity index is 2.07. The molecular weight excluding hydrogens is 218 g/mol. The Bertz CT molecular complexity index is 388. The molecule has 8 heteroatoms. The van der Waals surface area contributed by atoms with E-state index in [0.29, 0.717) is 23.0 Å². The largest absolute Gasteiger partial charge is 0.298 e. The molecule has 0 atom stereocenters. The van der Waals surface area contributed by atoms with E-state index in [4.69, 9.17) is 5.84 Å². The number of nitrogens with zero attached hydrogens (tertiary/aromatic N) is 3. The molecule has 0 spiro atoms. The van der Waals surface area contributed by atoms with Crippen LogP contribution < -0.4 is 11.3 Å². The normalized spacial score (nSPS) is 16.2. The molecule has 15 heavy (non-hydrogen) atoms. The Kier molecular flexibility index (Phi) is 2.60. The first-order valence-electron chi connectivity index (χ1n) is 4.33. The van der Waals surface area contributed by atoms with E-state index in [1.807, 2.05) is 0 Å². The Labute approximate surface area is 89.2 Å². The van der Waals surface area contributed by atoms with Crippen molar-refractivity contribution in [2.45, 2.75) is 19.4 Å². The summed E-state index contributed by atoms with van der Waals surface area (Å²) in [6, 6.07) is 0. The fraction of sp³-hybridized carbons (Fsp3) is 0.429.